The van der Waals surface area contributed by atoms with Crippen molar-refractivity contribution < 1.29 is 41.5 Å². The van der Waals surface area contributed by atoms with Gasteiger partial charge < -0.3 is 19.9 Å². The standard InChI is InChI=1S/C26H22ClF4N5O5/c1-41-23(39)21-14-10-13(2-4-16(14)33-34-21)22(38)35-8-6-25(7-9-35)19-17(5-3-15(28)20(19)27)36(24(25)40)11-18(37)32-12-26(29,30)31/h2-5,10H,6-9,11-12H2,1H3,(H,32,37)(H,33,34). The number of piperidine rings is 1. The first-order chi connectivity index (χ1) is 19.4. The highest BCUT2D eigenvalue weighted by atomic mass is 35.5. The molecule has 1 spiro atoms. The number of likely N-dealkylation sites (tertiary alicyclic amines) is 1. The van der Waals surface area contributed by atoms with Crippen LogP contribution in [0.15, 0.2) is 30.3 Å². The summed E-state index contributed by atoms with van der Waals surface area (Å²) in [5.41, 5.74) is -0.332. The number of rotatable bonds is 5. The van der Waals surface area contributed by atoms with Crippen LogP contribution in [0.25, 0.3) is 10.9 Å². The molecule has 2 N–H and O–H groups in total. The number of nitrogens with zero attached hydrogens (tertiary/aromatic N) is 3. The molecule has 3 aromatic rings. The van der Waals surface area contributed by atoms with E-state index in [4.69, 9.17) is 16.3 Å². The minimum absolute atomic E-state index is 0.0129. The smallest absolute Gasteiger partial charge is 0.405 e. The molecule has 2 aliphatic heterocycles. The van der Waals surface area contributed by atoms with Crippen molar-refractivity contribution in [2.75, 3.05) is 38.2 Å². The van der Waals surface area contributed by atoms with Crippen molar-refractivity contribution in [3.05, 3.63) is 58.0 Å². The molecule has 0 radical (unpaired) electrons. The van der Waals surface area contributed by atoms with E-state index in [1.165, 1.54) is 24.1 Å². The van der Waals surface area contributed by atoms with E-state index in [1.54, 1.807) is 17.4 Å². The van der Waals surface area contributed by atoms with Crippen LogP contribution in [-0.4, -0.2) is 78.3 Å². The maximum absolute atomic E-state index is 14.6. The summed E-state index contributed by atoms with van der Waals surface area (Å²) in [4.78, 5) is 53.9. The number of esters is 1. The highest BCUT2D eigenvalue weighted by Crippen LogP contribution is 2.51. The number of H-pyrrole nitrogens is 1. The Balaban J connectivity index is 1.39. The van der Waals surface area contributed by atoms with Gasteiger partial charge in [0.1, 0.15) is 18.9 Å². The van der Waals surface area contributed by atoms with Crippen molar-refractivity contribution in [2.24, 2.45) is 0 Å². The molecule has 10 nitrogen and oxygen atoms in total. The fraction of sp³-hybridized carbons (Fsp3) is 0.346. The van der Waals surface area contributed by atoms with Gasteiger partial charge in [-0.15, -0.1) is 0 Å². The Kier molecular flexibility index (Phi) is 7.14. The van der Waals surface area contributed by atoms with Crippen LogP contribution in [0, 0.1) is 5.82 Å². The van der Waals surface area contributed by atoms with Gasteiger partial charge in [0, 0.05) is 29.6 Å². The summed E-state index contributed by atoms with van der Waals surface area (Å²) in [6, 6.07) is 6.92. The zero-order valence-corrected chi connectivity index (χ0v) is 22.2. The highest BCUT2D eigenvalue weighted by Gasteiger charge is 2.54. The molecule has 0 atom stereocenters. The van der Waals surface area contributed by atoms with Crippen LogP contribution in [-0.2, 0) is 19.7 Å². The van der Waals surface area contributed by atoms with Crippen LogP contribution in [0.5, 0.6) is 0 Å². The number of benzene rings is 2. The number of anilines is 1. The summed E-state index contributed by atoms with van der Waals surface area (Å²) in [6.07, 6.45) is -4.59. The molecule has 216 valence electrons. The number of alkyl halides is 3. The SMILES string of the molecule is COC(=O)c1n[nH]c2ccc(C(=O)N3CCC4(CC3)C(=O)N(CC(=O)NCC(F)(F)F)c3ccc(F)c(Cl)c34)cc12. The van der Waals surface area contributed by atoms with Gasteiger partial charge in [0.15, 0.2) is 5.69 Å². The molecule has 2 aromatic carbocycles. The highest BCUT2D eigenvalue weighted by molar-refractivity contribution is 6.33. The van der Waals surface area contributed by atoms with Gasteiger partial charge in [0.2, 0.25) is 11.8 Å². The van der Waals surface area contributed by atoms with Gasteiger partial charge in [0.05, 0.1) is 28.8 Å². The normalized spacial score (nSPS) is 16.3. The number of carbonyl (C=O) groups is 4. The van der Waals surface area contributed by atoms with Crippen molar-refractivity contribution in [1.29, 1.82) is 0 Å². The fourth-order valence-corrected chi connectivity index (χ4v) is 5.73. The van der Waals surface area contributed by atoms with E-state index >= 15 is 0 Å². The predicted molar refractivity (Wildman–Crippen MR) is 137 cm³/mol. The lowest BCUT2D eigenvalue weighted by molar-refractivity contribution is -0.138. The lowest BCUT2D eigenvalue weighted by atomic mass is 9.73. The molecule has 0 bridgehead atoms. The molecule has 1 aromatic heterocycles. The Morgan fingerprint density at radius 3 is 2.54 bits per heavy atom. The summed E-state index contributed by atoms with van der Waals surface area (Å²) in [5.74, 6) is -3.53. The number of aromatic amines is 1. The molecule has 0 saturated carbocycles. The van der Waals surface area contributed by atoms with Gasteiger partial charge in [-0.1, -0.05) is 11.6 Å². The maximum atomic E-state index is 14.6. The zero-order chi connectivity index (χ0) is 29.7. The maximum Gasteiger partial charge on any atom is 0.405 e. The lowest BCUT2D eigenvalue weighted by Crippen LogP contribution is -2.51. The van der Waals surface area contributed by atoms with E-state index in [0.29, 0.717) is 10.9 Å². The predicted octanol–water partition coefficient (Wildman–Crippen LogP) is 3.34. The van der Waals surface area contributed by atoms with Crippen molar-refractivity contribution in [3.63, 3.8) is 0 Å². The number of hydrogen-bond acceptors (Lipinski definition) is 6. The number of methoxy groups -OCH3 is 1. The largest absolute Gasteiger partial charge is 0.464 e. The topological polar surface area (TPSA) is 125 Å². The third-order valence-corrected chi connectivity index (χ3v) is 7.75. The Morgan fingerprint density at radius 1 is 1.17 bits per heavy atom. The molecule has 41 heavy (non-hydrogen) atoms. The number of aromatic nitrogens is 2. The molecule has 5 rings (SSSR count). The minimum Gasteiger partial charge on any atom is -0.464 e. The van der Waals surface area contributed by atoms with E-state index in [9.17, 15) is 36.7 Å². The van der Waals surface area contributed by atoms with E-state index in [-0.39, 0.29) is 53.5 Å². The first-order valence-electron chi connectivity index (χ1n) is 12.4. The fourth-order valence-electron chi connectivity index (χ4n) is 5.39. The Labute approximate surface area is 234 Å². The number of amides is 3. The molecule has 0 aliphatic carbocycles. The van der Waals surface area contributed by atoms with Gasteiger partial charge in [-0.2, -0.15) is 18.3 Å². The Hall–Kier alpha value is -4.20. The monoisotopic (exact) mass is 595 g/mol. The summed E-state index contributed by atoms with van der Waals surface area (Å²) < 4.78 is 57.0. The van der Waals surface area contributed by atoms with Crippen LogP contribution >= 0.6 is 11.6 Å². The second-order valence-corrected chi connectivity index (χ2v) is 10.1. The van der Waals surface area contributed by atoms with E-state index in [0.717, 1.165) is 11.0 Å². The third kappa shape index (κ3) is 4.96. The summed E-state index contributed by atoms with van der Waals surface area (Å²) in [6.45, 7) is -2.18. The molecule has 1 fully saturated rings. The number of nitrogens with one attached hydrogen (secondary N) is 2. The molecular weight excluding hydrogens is 574 g/mol. The molecule has 1 saturated heterocycles. The van der Waals surface area contributed by atoms with E-state index < -0.39 is 54.2 Å². The number of fused-ring (bicyclic) bond motifs is 3. The van der Waals surface area contributed by atoms with Crippen LogP contribution < -0.4 is 10.2 Å². The average molecular weight is 596 g/mol. The van der Waals surface area contributed by atoms with E-state index in [1.807, 2.05) is 0 Å². The van der Waals surface area contributed by atoms with Crippen LogP contribution in [0.2, 0.25) is 5.02 Å². The first-order valence-corrected chi connectivity index (χ1v) is 12.7. The Morgan fingerprint density at radius 2 is 1.88 bits per heavy atom. The molecule has 3 amide bonds. The number of carbonyl (C=O) groups excluding carboxylic acids is 4. The molecular formula is C26H22ClF4N5O5. The van der Waals surface area contributed by atoms with Gasteiger partial charge in [-0.25, -0.2) is 9.18 Å². The van der Waals surface area contributed by atoms with Crippen molar-refractivity contribution in [1.82, 2.24) is 20.4 Å². The summed E-state index contributed by atoms with van der Waals surface area (Å²) in [5, 5.41) is 8.42. The van der Waals surface area contributed by atoms with Crippen molar-refractivity contribution >= 4 is 51.9 Å². The first kappa shape index (κ1) is 28.3. The lowest BCUT2D eigenvalue weighted by Gasteiger charge is -2.38. The average Bonchev–Trinajstić information content (AvgIpc) is 3.46. The molecule has 3 heterocycles. The number of ether oxygens (including phenoxy) is 1. The second kappa shape index (κ2) is 10.3. The van der Waals surface area contributed by atoms with Gasteiger partial charge in [-0.3, -0.25) is 19.5 Å². The Bertz CT molecular complexity index is 1580. The van der Waals surface area contributed by atoms with Crippen LogP contribution in [0.3, 0.4) is 0 Å². The van der Waals surface area contributed by atoms with Gasteiger partial charge in [0.25, 0.3) is 5.91 Å². The minimum atomic E-state index is -4.64. The van der Waals surface area contributed by atoms with Gasteiger partial charge >= 0.3 is 12.1 Å². The second-order valence-electron chi connectivity index (χ2n) is 9.74. The third-order valence-electron chi connectivity index (χ3n) is 7.38. The molecule has 0 unspecified atom stereocenters. The van der Waals surface area contributed by atoms with Crippen LogP contribution in [0.4, 0.5) is 23.2 Å². The summed E-state index contributed by atoms with van der Waals surface area (Å²) >= 11 is 6.31. The van der Waals surface area contributed by atoms with Crippen molar-refractivity contribution in [3.8, 4) is 0 Å². The van der Waals surface area contributed by atoms with Gasteiger partial charge in [-0.05, 0) is 43.2 Å². The quantitative estimate of drug-likeness (QED) is 0.344. The van der Waals surface area contributed by atoms with E-state index in [2.05, 4.69) is 10.2 Å². The van der Waals surface area contributed by atoms with Crippen LogP contribution in [0.1, 0.15) is 39.3 Å². The molecule has 2 aliphatic rings. The van der Waals surface area contributed by atoms with Crippen molar-refractivity contribution in [2.45, 2.75) is 24.4 Å². The number of hydrogen-bond donors (Lipinski definition) is 2. The summed E-state index contributed by atoms with van der Waals surface area (Å²) in [7, 11) is 1.21. The molecule has 15 heteroatoms. The zero-order valence-electron chi connectivity index (χ0n) is 21.4. The number of halogens is 5.